The van der Waals surface area contributed by atoms with Crippen molar-refractivity contribution in [1.82, 2.24) is 15.5 Å². The Kier molecular flexibility index (Phi) is 15.3. The lowest BCUT2D eigenvalue weighted by Crippen LogP contribution is -2.47. The van der Waals surface area contributed by atoms with Gasteiger partial charge in [-0.3, -0.25) is 19.2 Å². The number of benzene rings is 1. The summed E-state index contributed by atoms with van der Waals surface area (Å²) in [5, 5.41) is 5.97. The fraction of sp³-hybridized carbons (Fsp3) is 0.694. The Labute approximate surface area is 279 Å². The van der Waals surface area contributed by atoms with E-state index in [1.54, 1.807) is 25.7 Å². The molecule has 2 N–H and O–H groups in total. The van der Waals surface area contributed by atoms with Gasteiger partial charge in [-0.1, -0.05) is 50.3 Å². The Bertz CT molecular complexity index is 1190. The smallest absolute Gasteiger partial charge is 0.339 e. The van der Waals surface area contributed by atoms with Crippen molar-refractivity contribution >= 4 is 29.5 Å². The summed E-state index contributed by atoms with van der Waals surface area (Å²) in [4.78, 5) is 67.4. The zero-order valence-corrected chi connectivity index (χ0v) is 29.0. The SMILES string of the molecule is Cc1cccc(C)c1C(=O)OCC(=O)[C@H](CCCNCC(=O)OC(C)(C)C)NC(=O)[C@@H](CC(=O)N1CCOCC1)CC1CCCCC1. The highest BCUT2D eigenvalue weighted by Gasteiger charge is 2.32. The van der Waals surface area contributed by atoms with Crippen molar-refractivity contribution in [2.24, 2.45) is 11.8 Å². The number of ether oxygens (including phenoxy) is 3. The maximum atomic E-state index is 13.9. The molecule has 1 saturated heterocycles. The maximum Gasteiger partial charge on any atom is 0.339 e. The second-order valence-electron chi connectivity index (χ2n) is 13.9. The molecule has 47 heavy (non-hydrogen) atoms. The van der Waals surface area contributed by atoms with Crippen molar-refractivity contribution in [2.75, 3.05) is 46.0 Å². The van der Waals surface area contributed by atoms with E-state index >= 15 is 0 Å². The van der Waals surface area contributed by atoms with Crippen LogP contribution in [0.15, 0.2) is 18.2 Å². The van der Waals surface area contributed by atoms with Crippen molar-refractivity contribution in [3.8, 4) is 0 Å². The molecule has 0 aromatic heterocycles. The minimum atomic E-state index is -0.927. The summed E-state index contributed by atoms with van der Waals surface area (Å²) < 4.78 is 16.2. The van der Waals surface area contributed by atoms with Crippen LogP contribution in [0.1, 0.15) is 100 Å². The molecular weight excluding hydrogens is 602 g/mol. The molecule has 11 nitrogen and oxygen atoms in total. The molecule has 2 amide bonds. The zero-order valence-electron chi connectivity index (χ0n) is 29.0. The third kappa shape index (κ3) is 13.4. The summed E-state index contributed by atoms with van der Waals surface area (Å²) in [5.74, 6) is -2.05. The molecule has 1 aliphatic carbocycles. The number of nitrogens with one attached hydrogen (secondary N) is 2. The molecule has 0 unspecified atom stereocenters. The molecule has 0 spiro atoms. The highest BCUT2D eigenvalue weighted by molar-refractivity contribution is 5.96. The number of morpholine rings is 1. The molecule has 2 aliphatic rings. The number of nitrogens with zero attached hydrogens (tertiary/aromatic N) is 1. The van der Waals surface area contributed by atoms with Gasteiger partial charge in [0.15, 0.2) is 12.4 Å². The molecule has 0 radical (unpaired) electrons. The van der Waals surface area contributed by atoms with Gasteiger partial charge in [-0.2, -0.15) is 0 Å². The number of aryl methyl sites for hydroxylation is 2. The van der Waals surface area contributed by atoms with E-state index in [9.17, 15) is 24.0 Å². The van der Waals surface area contributed by atoms with Gasteiger partial charge >= 0.3 is 11.9 Å². The quantitative estimate of drug-likeness (QED) is 0.199. The number of hydrogen-bond acceptors (Lipinski definition) is 9. The van der Waals surface area contributed by atoms with Gasteiger partial charge in [0, 0.05) is 25.4 Å². The van der Waals surface area contributed by atoms with Gasteiger partial charge in [-0.05, 0) is 77.5 Å². The van der Waals surface area contributed by atoms with E-state index in [1.165, 1.54) is 6.42 Å². The fourth-order valence-corrected chi connectivity index (χ4v) is 6.31. The Morgan fingerprint density at radius 1 is 1.00 bits per heavy atom. The summed E-state index contributed by atoms with van der Waals surface area (Å²) in [5.41, 5.74) is 1.32. The highest BCUT2D eigenvalue weighted by atomic mass is 16.6. The van der Waals surface area contributed by atoms with E-state index in [0.717, 1.165) is 36.8 Å². The molecule has 11 heteroatoms. The first kappa shape index (κ1) is 38.1. The van der Waals surface area contributed by atoms with Crippen LogP contribution in [0.5, 0.6) is 0 Å². The van der Waals surface area contributed by atoms with Gasteiger partial charge in [0.2, 0.25) is 11.8 Å². The number of amides is 2. The average Bonchev–Trinajstić information content (AvgIpc) is 3.02. The van der Waals surface area contributed by atoms with E-state index in [4.69, 9.17) is 14.2 Å². The maximum absolute atomic E-state index is 13.9. The fourth-order valence-electron chi connectivity index (χ4n) is 6.31. The van der Waals surface area contributed by atoms with Crippen LogP contribution in [0, 0.1) is 25.7 Å². The van der Waals surface area contributed by atoms with Crippen molar-refractivity contribution in [3.63, 3.8) is 0 Å². The zero-order chi connectivity index (χ0) is 34.4. The van der Waals surface area contributed by atoms with Crippen LogP contribution in [-0.4, -0.2) is 92.1 Å². The predicted octanol–water partition coefficient (Wildman–Crippen LogP) is 4.06. The number of carbonyl (C=O) groups is 5. The summed E-state index contributed by atoms with van der Waals surface area (Å²) >= 11 is 0. The first-order valence-electron chi connectivity index (χ1n) is 17.2. The molecule has 1 aromatic carbocycles. The second-order valence-corrected chi connectivity index (χ2v) is 13.9. The van der Waals surface area contributed by atoms with Gasteiger partial charge in [0.1, 0.15) is 5.60 Å². The van der Waals surface area contributed by atoms with Crippen LogP contribution < -0.4 is 10.6 Å². The van der Waals surface area contributed by atoms with Crippen LogP contribution >= 0.6 is 0 Å². The normalized spacial score (nSPS) is 17.0. The molecule has 1 saturated carbocycles. The van der Waals surface area contributed by atoms with E-state index in [-0.39, 0.29) is 37.2 Å². The second kappa shape index (κ2) is 18.9. The standard InChI is InChI=1S/C36H55N3O8/c1-25-11-9-12-26(2)33(25)35(44)46-24-30(40)29(15-10-16-37-23-32(42)47-36(3,4)5)38-34(43)28(21-27-13-7-6-8-14-27)22-31(41)39-17-19-45-20-18-39/h9,11-12,27-29,37H,6-8,10,13-24H2,1-5H3,(H,38,43)/t28-,29+/m1/s1. The average molecular weight is 658 g/mol. The van der Waals surface area contributed by atoms with Crippen molar-refractivity contribution in [1.29, 1.82) is 0 Å². The monoisotopic (exact) mass is 657 g/mol. The van der Waals surface area contributed by atoms with Crippen LogP contribution in [-0.2, 0) is 33.4 Å². The van der Waals surface area contributed by atoms with Crippen LogP contribution in [0.4, 0.5) is 0 Å². The number of esters is 2. The van der Waals surface area contributed by atoms with Gasteiger partial charge in [-0.25, -0.2) is 4.79 Å². The minimum absolute atomic E-state index is 0.0166. The van der Waals surface area contributed by atoms with Gasteiger partial charge < -0.3 is 29.7 Å². The summed E-state index contributed by atoms with van der Waals surface area (Å²) in [6.07, 6.45) is 6.83. The molecule has 1 heterocycles. The molecule has 1 aromatic rings. The molecule has 262 valence electrons. The molecule has 3 rings (SSSR count). The largest absolute Gasteiger partial charge is 0.459 e. The summed E-state index contributed by atoms with van der Waals surface area (Å²) in [6, 6.07) is 4.54. The van der Waals surface area contributed by atoms with E-state index < -0.39 is 35.9 Å². The summed E-state index contributed by atoms with van der Waals surface area (Å²) in [7, 11) is 0. The lowest BCUT2D eigenvalue weighted by Gasteiger charge is -2.31. The predicted molar refractivity (Wildman–Crippen MR) is 178 cm³/mol. The third-order valence-corrected chi connectivity index (χ3v) is 8.77. The van der Waals surface area contributed by atoms with Crippen molar-refractivity contribution < 1.29 is 38.2 Å². The molecule has 2 fully saturated rings. The number of rotatable bonds is 16. The lowest BCUT2D eigenvalue weighted by molar-refractivity contribution is -0.153. The van der Waals surface area contributed by atoms with Crippen LogP contribution in [0.25, 0.3) is 0 Å². The number of ketones is 1. The van der Waals surface area contributed by atoms with Gasteiger partial charge in [0.05, 0.1) is 31.4 Å². The van der Waals surface area contributed by atoms with Crippen LogP contribution in [0.2, 0.25) is 0 Å². The minimum Gasteiger partial charge on any atom is -0.459 e. The van der Waals surface area contributed by atoms with E-state index in [0.29, 0.717) is 57.2 Å². The summed E-state index contributed by atoms with van der Waals surface area (Å²) in [6.45, 7) is 10.9. The van der Waals surface area contributed by atoms with E-state index in [1.807, 2.05) is 32.0 Å². The third-order valence-electron chi connectivity index (χ3n) is 8.77. The first-order chi connectivity index (χ1) is 22.3. The number of hydrogen-bond donors (Lipinski definition) is 2. The topological polar surface area (TPSA) is 140 Å². The molecule has 2 atom stereocenters. The van der Waals surface area contributed by atoms with E-state index in [2.05, 4.69) is 10.6 Å². The highest BCUT2D eigenvalue weighted by Crippen LogP contribution is 2.31. The Hall–Kier alpha value is -3.31. The molecular formula is C36H55N3O8. The lowest BCUT2D eigenvalue weighted by atomic mass is 9.81. The molecule has 0 bridgehead atoms. The van der Waals surface area contributed by atoms with Crippen molar-refractivity contribution in [3.05, 3.63) is 34.9 Å². The number of Topliss-reactive ketones (excluding diaryl/α,β-unsaturated/α-hetero) is 1. The Morgan fingerprint density at radius 3 is 2.30 bits per heavy atom. The Morgan fingerprint density at radius 2 is 1.66 bits per heavy atom. The van der Waals surface area contributed by atoms with Gasteiger partial charge in [-0.15, -0.1) is 0 Å². The molecule has 1 aliphatic heterocycles. The van der Waals surface area contributed by atoms with Crippen LogP contribution in [0.3, 0.4) is 0 Å². The Balaban J connectivity index is 1.68. The first-order valence-corrected chi connectivity index (χ1v) is 17.2. The van der Waals surface area contributed by atoms with Gasteiger partial charge in [0.25, 0.3) is 0 Å². The number of carbonyl (C=O) groups excluding carboxylic acids is 5. The van der Waals surface area contributed by atoms with Crippen molar-refractivity contribution in [2.45, 2.75) is 104 Å².